The highest BCUT2D eigenvalue weighted by Crippen LogP contribution is 2.03. The van der Waals surface area contributed by atoms with E-state index in [4.69, 9.17) is 9.84 Å². The van der Waals surface area contributed by atoms with Crippen molar-refractivity contribution in [1.29, 1.82) is 0 Å². The first-order valence-electron chi connectivity index (χ1n) is 4.00. The topological polar surface area (TPSA) is 49.8 Å². The molecule has 1 aliphatic heterocycles. The van der Waals surface area contributed by atoms with Crippen LogP contribution in [0.2, 0.25) is 0 Å². The van der Waals surface area contributed by atoms with Crippen LogP contribution in [0.15, 0.2) is 12.2 Å². The lowest BCUT2D eigenvalue weighted by Crippen LogP contribution is -2.39. The van der Waals surface area contributed by atoms with Crippen molar-refractivity contribution < 1.29 is 14.6 Å². The molecule has 0 saturated heterocycles. The summed E-state index contributed by atoms with van der Waals surface area (Å²) in [6.45, 7) is 2.98. The molecule has 0 aromatic carbocycles. The molecule has 0 unspecified atom stereocenters. The lowest BCUT2D eigenvalue weighted by atomic mass is 10.2. The number of carbonyl (C=O) groups is 1. The van der Waals surface area contributed by atoms with E-state index in [1.54, 1.807) is 19.1 Å². The molecule has 0 bridgehead atoms. The Kier molecular flexibility index (Phi) is 3.10. The quantitative estimate of drug-likeness (QED) is 0.580. The van der Waals surface area contributed by atoms with E-state index in [1.165, 1.54) is 4.90 Å². The molecule has 1 N–H and O–H groups in total. The molecule has 12 heavy (non-hydrogen) atoms. The molecule has 0 saturated carbocycles. The standard InChI is InChI=1S/C8H13NO3/c1-2-12-8(11)9-5-3-4-7(10)6-9/h3-4,7,10H,2,5-6H2,1H3/t7-/m0/s1. The number of carbonyl (C=O) groups excluding carboxylic acids is 1. The summed E-state index contributed by atoms with van der Waals surface area (Å²) in [5.41, 5.74) is 0. The third-order valence-electron chi connectivity index (χ3n) is 1.62. The third-order valence-corrected chi connectivity index (χ3v) is 1.62. The fraction of sp³-hybridized carbons (Fsp3) is 0.625. The number of β-amino-alcohol motifs (C(OH)–C–C–N with tert-alkyl or cyclic N) is 1. The summed E-state index contributed by atoms with van der Waals surface area (Å²) in [6, 6.07) is 0. The lowest BCUT2D eigenvalue weighted by Gasteiger charge is -2.25. The number of ether oxygens (including phenoxy) is 1. The van der Waals surface area contributed by atoms with E-state index < -0.39 is 6.10 Å². The Bertz CT molecular complexity index is 191. The van der Waals surface area contributed by atoms with E-state index in [1.807, 2.05) is 0 Å². The van der Waals surface area contributed by atoms with Crippen molar-refractivity contribution in [2.45, 2.75) is 13.0 Å². The van der Waals surface area contributed by atoms with Crippen molar-refractivity contribution in [3.8, 4) is 0 Å². The van der Waals surface area contributed by atoms with Crippen molar-refractivity contribution in [3.05, 3.63) is 12.2 Å². The van der Waals surface area contributed by atoms with Crippen LogP contribution in [0.25, 0.3) is 0 Å². The van der Waals surface area contributed by atoms with Gasteiger partial charge in [-0.05, 0) is 6.92 Å². The fourth-order valence-electron chi connectivity index (χ4n) is 1.07. The monoisotopic (exact) mass is 171 g/mol. The van der Waals surface area contributed by atoms with Crippen LogP contribution in [0.4, 0.5) is 4.79 Å². The van der Waals surface area contributed by atoms with E-state index in [0.29, 0.717) is 19.7 Å². The number of hydrogen-bond donors (Lipinski definition) is 1. The summed E-state index contributed by atoms with van der Waals surface area (Å²) < 4.78 is 4.77. The Morgan fingerprint density at radius 2 is 2.58 bits per heavy atom. The number of hydrogen-bond acceptors (Lipinski definition) is 3. The second-order valence-corrected chi connectivity index (χ2v) is 2.60. The zero-order chi connectivity index (χ0) is 8.97. The molecule has 4 heteroatoms. The zero-order valence-corrected chi connectivity index (χ0v) is 7.06. The first kappa shape index (κ1) is 9.06. The Morgan fingerprint density at radius 1 is 1.83 bits per heavy atom. The molecule has 0 aliphatic carbocycles. The molecule has 0 radical (unpaired) electrons. The van der Waals surface area contributed by atoms with E-state index >= 15 is 0 Å². The Balaban J connectivity index is 2.43. The Hall–Kier alpha value is -1.03. The average Bonchev–Trinajstić information content (AvgIpc) is 2.05. The number of aliphatic hydroxyl groups is 1. The molecule has 0 spiro atoms. The third kappa shape index (κ3) is 2.23. The van der Waals surface area contributed by atoms with Crippen LogP contribution in [0.5, 0.6) is 0 Å². The molecule has 68 valence electrons. The summed E-state index contributed by atoms with van der Waals surface area (Å²) >= 11 is 0. The zero-order valence-electron chi connectivity index (χ0n) is 7.06. The van der Waals surface area contributed by atoms with Gasteiger partial charge in [-0.25, -0.2) is 4.79 Å². The fourth-order valence-corrected chi connectivity index (χ4v) is 1.07. The largest absolute Gasteiger partial charge is 0.450 e. The highest BCUT2D eigenvalue weighted by molar-refractivity contribution is 5.68. The van der Waals surface area contributed by atoms with Crippen molar-refractivity contribution in [1.82, 2.24) is 4.90 Å². The van der Waals surface area contributed by atoms with E-state index in [9.17, 15) is 4.79 Å². The second kappa shape index (κ2) is 4.11. The van der Waals surface area contributed by atoms with Crippen LogP contribution in [0, 0.1) is 0 Å². The highest BCUT2D eigenvalue weighted by atomic mass is 16.6. The van der Waals surface area contributed by atoms with Gasteiger partial charge in [-0.1, -0.05) is 12.2 Å². The molecular formula is C8H13NO3. The van der Waals surface area contributed by atoms with Gasteiger partial charge in [0.15, 0.2) is 0 Å². The van der Waals surface area contributed by atoms with Gasteiger partial charge >= 0.3 is 6.09 Å². The van der Waals surface area contributed by atoms with Crippen LogP contribution < -0.4 is 0 Å². The number of aliphatic hydroxyl groups excluding tert-OH is 1. The predicted octanol–water partition coefficient (Wildman–Crippen LogP) is 0.376. The molecule has 4 nitrogen and oxygen atoms in total. The van der Waals surface area contributed by atoms with Crippen LogP contribution >= 0.6 is 0 Å². The molecule has 1 amide bonds. The van der Waals surface area contributed by atoms with Gasteiger partial charge in [0.1, 0.15) is 0 Å². The van der Waals surface area contributed by atoms with E-state index in [2.05, 4.69) is 0 Å². The molecule has 0 fully saturated rings. The van der Waals surface area contributed by atoms with Gasteiger partial charge in [-0.15, -0.1) is 0 Å². The normalized spacial score (nSPS) is 22.5. The molecule has 1 heterocycles. The SMILES string of the molecule is CCOC(=O)N1CC=C[C@H](O)C1. The summed E-state index contributed by atoms with van der Waals surface area (Å²) in [5, 5.41) is 9.16. The van der Waals surface area contributed by atoms with Gasteiger partial charge < -0.3 is 14.7 Å². The van der Waals surface area contributed by atoms with E-state index in [0.717, 1.165) is 0 Å². The van der Waals surface area contributed by atoms with Crippen LogP contribution in [0.1, 0.15) is 6.92 Å². The second-order valence-electron chi connectivity index (χ2n) is 2.60. The summed E-state index contributed by atoms with van der Waals surface area (Å²) in [6.07, 6.45) is 2.52. The highest BCUT2D eigenvalue weighted by Gasteiger charge is 2.18. The van der Waals surface area contributed by atoms with Crippen molar-refractivity contribution in [2.75, 3.05) is 19.7 Å². The molecule has 1 atom stereocenters. The van der Waals surface area contributed by atoms with Crippen LogP contribution in [0.3, 0.4) is 0 Å². The van der Waals surface area contributed by atoms with Gasteiger partial charge in [-0.2, -0.15) is 0 Å². The molecule has 1 rings (SSSR count). The Morgan fingerprint density at radius 3 is 3.17 bits per heavy atom. The molecular weight excluding hydrogens is 158 g/mol. The van der Waals surface area contributed by atoms with Gasteiger partial charge in [0.05, 0.1) is 19.3 Å². The van der Waals surface area contributed by atoms with Gasteiger partial charge in [0, 0.05) is 6.54 Å². The molecule has 0 aromatic rings. The van der Waals surface area contributed by atoms with Crippen LogP contribution in [-0.4, -0.2) is 41.9 Å². The lowest BCUT2D eigenvalue weighted by molar-refractivity contribution is 0.0879. The van der Waals surface area contributed by atoms with Gasteiger partial charge in [0.25, 0.3) is 0 Å². The van der Waals surface area contributed by atoms with Crippen molar-refractivity contribution in [2.24, 2.45) is 0 Å². The maximum atomic E-state index is 11.1. The summed E-state index contributed by atoms with van der Waals surface area (Å²) in [7, 11) is 0. The molecule has 1 aliphatic rings. The Labute approximate surface area is 71.4 Å². The first-order chi connectivity index (χ1) is 5.74. The first-order valence-corrected chi connectivity index (χ1v) is 4.00. The maximum absolute atomic E-state index is 11.1. The minimum absolute atomic E-state index is 0.329. The number of amides is 1. The van der Waals surface area contributed by atoms with E-state index in [-0.39, 0.29) is 6.09 Å². The minimum Gasteiger partial charge on any atom is -0.450 e. The smallest absolute Gasteiger partial charge is 0.410 e. The van der Waals surface area contributed by atoms with Crippen molar-refractivity contribution in [3.63, 3.8) is 0 Å². The maximum Gasteiger partial charge on any atom is 0.410 e. The summed E-state index contributed by atoms with van der Waals surface area (Å²) in [4.78, 5) is 12.6. The summed E-state index contributed by atoms with van der Waals surface area (Å²) in [5.74, 6) is 0. The molecule has 0 aromatic heterocycles. The van der Waals surface area contributed by atoms with Gasteiger partial charge in [0.2, 0.25) is 0 Å². The minimum atomic E-state index is -0.553. The predicted molar refractivity (Wildman–Crippen MR) is 43.7 cm³/mol. The van der Waals surface area contributed by atoms with Gasteiger partial charge in [-0.3, -0.25) is 0 Å². The average molecular weight is 171 g/mol. The number of rotatable bonds is 1. The van der Waals surface area contributed by atoms with Crippen molar-refractivity contribution >= 4 is 6.09 Å². The van der Waals surface area contributed by atoms with Crippen LogP contribution in [-0.2, 0) is 4.74 Å². The number of nitrogens with zero attached hydrogens (tertiary/aromatic N) is 1.